The molecule has 0 saturated carbocycles. The molecule has 1 amide bonds. The number of piperazine rings is 1. The van der Waals surface area contributed by atoms with E-state index in [9.17, 15) is 9.18 Å². The zero-order chi connectivity index (χ0) is 25.1. The van der Waals surface area contributed by atoms with E-state index in [1.807, 2.05) is 67.3 Å². The fourth-order valence-corrected chi connectivity index (χ4v) is 4.23. The van der Waals surface area contributed by atoms with E-state index in [0.29, 0.717) is 50.0 Å². The maximum atomic E-state index is 13.2. The molecule has 1 aromatic heterocycles. The van der Waals surface area contributed by atoms with Crippen molar-refractivity contribution >= 4 is 11.6 Å². The lowest BCUT2D eigenvalue weighted by atomic mass is 10.1. The van der Waals surface area contributed by atoms with Gasteiger partial charge in [0.15, 0.2) is 0 Å². The van der Waals surface area contributed by atoms with Crippen LogP contribution in [0.25, 0.3) is 11.5 Å². The van der Waals surface area contributed by atoms with Gasteiger partial charge in [-0.25, -0.2) is 9.37 Å². The molecular formula is C29H28FN3O3. The van der Waals surface area contributed by atoms with Crippen molar-refractivity contribution in [3.8, 4) is 17.2 Å². The van der Waals surface area contributed by atoms with Gasteiger partial charge in [-0.15, -0.1) is 0 Å². The Morgan fingerprint density at radius 3 is 2.25 bits per heavy atom. The van der Waals surface area contributed by atoms with Crippen molar-refractivity contribution in [2.24, 2.45) is 0 Å². The first-order valence-electron chi connectivity index (χ1n) is 12.0. The number of anilines is 1. The number of amides is 1. The number of aryl methyl sites for hydroxylation is 2. The average Bonchev–Trinajstić information content (AvgIpc) is 3.29. The summed E-state index contributed by atoms with van der Waals surface area (Å²) < 4.78 is 24.9. The number of nitrogens with zero attached hydrogens (tertiary/aromatic N) is 3. The smallest absolute Gasteiger partial charge is 0.253 e. The van der Waals surface area contributed by atoms with Gasteiger partial charge < -0.3 is 19.0 Å². The summed E-state index contributed by atoms with van der Waals surface area (Å²) in [7, 11) is 0. The van der Waals surface area contributed by atoms with Crippen LogP contribution in [0.15, 0.2) is 77.2 Å². The van der Waals surface area contributed by atoms with Gasteiger partial charge in [-0.2, -0.15) is 0 Å². The van der Waals surface area contributed by atoms with Gasteiger partial charge in [0.05, 0.1) is 0 Å². The van der Waals surface area contributed by atoms with Crippen LogP contribution in [0.1, 0.15) is 27.4 Å². The summed E-state index contributed by atoms with van der Waals surface area (Å²) in [6.07, 6.45) is 0. The van der Waals surface area contributed by atoms with Crippen LogP contribution in [0, 0.1) is 19.7 Å². The Balaban J connectivity index is 1.19. The second-order valence-electron chi connectivity index (χ2n) is 8.96. The summed E-state index contributed by atoms with van der Waals surface area (Å²) in [5.41, 5.74) is 4.32. The highest BCUT2D eigenvalue weighted by Gasteiger charge is 2.23. The summed E-state index contributed by atoms with van der Waals surface area (Å²) in [5.74, 6) is 1.74. The molecule has 0 bridgehead atoms. The lowest BCUT2D eigenvalue weighted by molar-refractivity contribution is 0.0747. The Labute approximate surface area is 209 Å². The summed E-state index contributed by atoms with van der Waals surface area (Å²) >= 11 is 0. The summed E-state index contributed by atoms with van der Waals surface area (Å²) in [6, 6.07) is 21.7. The molecule has 1 fully saturated rings. The van der Waals surface area contributed by atoms with E-state index in [-0.39, 0.29) is 11.7 Å². The number of aromatic nitrogens is 1. The third kappa shape index (κ3) is 5.25. The number of hydrogen-bond donors (Lipinski definition) is 0. The van der Waals surface area contributed by atoms with Gasteiger partial charge in [0.1, 0.15) is 29.6 Å². The van der Waals surface area contributed by atoms with Gasteiger partial charge >= 0.3 is 0 Å². The van der Waals surface area contributed by atoms with Crippen molar-refractivity contribution in [1.82, 2.24) is 9.88 Å². The van der Waals surface area contributed by atoms with Crippen molar-refractivity contribution < 1.29 is 18.3 Å². The van der Waals surface area contributed by atoms with Gasteiger partial charge in [-0.3, -0.25) is 4.79 Å². The molecule has 5 rings (SSSR count). The average molecular weight is 486 g/mol. The third-order valence-corrected chi connectivity index (χ3v) is 6.43. The van der Waals surface area contributed by atoms with E-state index in [1.54, 1.807) is 12.1 Å². The second kappa shape index (κ2) is 10.2. The molecule has 0 radical (unpaired) electrons. The minimum absolute atomic E-state index is 0.00363. The zero-order valence-corrected chi connectivity index (χ0v) is 20.4. The molecule has 7 heteroatoms. The van der Waals surface area contributed by atoms with Crippen LogP contribution in [0.5, 0.6) is 5.75 Å². The third-order valence-electron chi connectivity index (χ3n) is 6.43. The largest absolute Gasteiger partial charge is 0.487 e. The zero-order valence-electron chi connectivity index (χ0n) is 20.4. The number of carbonyl (C=O) groups excluding carboxylic acids is 1. The van der Waals surface area contributed by atoms with E-state index in [2.05, 4.69) is 9.88 Å². The first-order chi connectivity index (χ1) is 17.5. The summed E-state index contributed by atoms with van der Waals surface area (Å²) in [4.78, 5) is 21.7. The number of halogens is 1. The van der Waals surface area contributed by atoms with E-state index in [4.69, 9.17) is 9.15 Å². The molecule has 184 valence electrons. The predicted octanol–water partition coefficient (Wildman–Crippen LogP) is 5.64. The summed E-state index contributed by atoms with van der Waals surface area (Å²) in [6.45, 7) is 6.86. The topological polar surface area (TPSA) is 58.8 Å². The minimum atomic E-state index is -0.247. The number of carbonyl (C=O) groups is 1. The lowest BCUT2D eigenvalue weighted by Gasteiger charge is -2.36. The number of hydrogen-bond acceptors (Lipinski definition) is 5. The Hall–Kier alpha value is -4.13. The maximum Gasteiger partial charge on any atom is 0.253 e. The lowest BCUT2D eigenvalue weighted by Crippen LogP contribution is -2.48. The number of rotatable bonds is 6. The van der Waals surface area contributed by atoms with Crippen LogP contribution < -0.4 is 9.64 Å². The number of ether oxygens (including phenoxy) is 1. The molecule has 3 aromatic carbocycles. The van der Waals surface area contributed by atoms with Crippen LogP contribution in [0.2, 0.25) is 0 Å². The van der Waals surface area contributed by atoms with E-state index in [0.717, 1.165) is 22.7 Å². The number of benzene rings is 3. The van der Waals surface area contributed by atoms with E-state index < -0.39 is 0 Å². The first-order valence-corrected chi connectivity index (χ1v) is 12.0. The van der Waals surface area contributed by atoms with Gasteiger partial charge in [0.25, 0.3) is 5.91 Å². The van der Waals surface area contributed by atoms with Gasteiger partial charge in [-0.05, 0) is 74.5 Å². The highest BCUT2D eigenvalue weighted by molar-refractivity contribution is 5.94. The molecule has 0 spiro atoms. The van der Waals surface area contributed by atoms with Gasteiger partial charge in [0.2, 0.25) is 5.89 Å². The molecule has 0 unspecified atom stereocenters. The standard InChI is InChI=1S/C29H28FN3O3/c1-20-3-13-26(14-4-20)35-19-27-21(2)36-28(31-27)22-5-7-23(8-6-22)29(34)33-17-15-32(16-18-33)25-11-9-24(30)10-12-25/h3-14H,15-19H2,1-2H3. The fourth-order valence-electron chi connectivity index (χ4n) is 4.23. The molecule has 1 aliphatic rings. The minimum Gasteiger partial charge on any atom is -0.487 e. The van der Waals surface area contributed by atoms with Crippen molar-refractivity contribution in [1.29, 1.82) is 0 Å². The Morgan fingerprint density at radius 2 is 1.58 bits per heavy atom. The molecule has 36 heavy (non-hydrogen) atoms. The van der Waals surface area contributed by atoms with Crippen LogP contribution in [-0.4, -0.2) is 42.0 Å². The van der Waals surface area contributed by atoms with Crippen molar-refractivity contribution in [3.05, 3.63) is 101 Å². The van der Waals surface area contributed by atoms with Crippen LogP contribution in [0.4, 0.5) is 10.1 Å². The molecule has 1 saturated heterocycles. The fraction of sp³-hybridized carbons (Fsp3) is 0.241. The first kappa shape index (κ1) is 23.6. The van der Waals surface area contributed by atoms with Crippen molar-refractivity contribution in [2.75, 3.05) is 31.1 Å². The molecule has 0 atom stereocenters. The highest BCUT2D eigenvalue weighted by atomic mass is 19.1. The van der Waals surface area contributed by atoms with E-state index >= 15 is 0 Å². The molecule has 0 N–H and O–H groups in total. The van der Waals surface area contributed by atoms with Gasteiger partial charge in [-0.1, -0.05) is 17.7 Å². The normalized spacial score (nSPS) is 13.6. The highest BCUT2D eigenvalue weighted by Crippen LogP contribution is 2.24. The van der Waals surface area contributed by atoms with Crippen LogP contribution >= 0.6 is 0 Å². The monoisotopic (exact) mass is 485 g/mol. The quantitative estimate of drug-likeness (QED) is 0.354. The van der Waals surface area contributed by atoms with Crippen molar-refractivity contribution in [2.45, 2.75) is 20.5 Å². The molecule has 2 heterocycles. The SMILES string of the molecule is Cc1ccc(OCc2nc(-c3ccc(C(=O)N4CCN(c5ccc(F)cc5)CC4)cc3)oc2C)cc1. The van der Waals surface area contributed by atoms with Crippen LogP contribution in [-0.2, 0) is 6.61 Å². The Bertz CT molecular complexity index is 1320. The summed E-state index contributed by atoms with van der Waals surface area (Å²) in [5, 5.41) is 0. The maximum absolute atomic E-state index is 13.2. The molecule has 0 aliphatic carbocycles. The number of oxazole rings is 1. The van der Waals surface area contributed by atoms with E-state index in [1.165, 1.54) is 17.7 Å². The molecule has 6 nitrogen and oxygen atoms in total. The van der Waals surface area contributed by atoms with Gasteiger partial charge in [0, 0.05) is 43.0 Å². The molecular weight excluding hydrogens is 457 g/mol. The second-order valence-corrected chi connectivity index (χ2v) is 8.96. The van der Waals surface area contributed by atoms with Crippen LogP contribution in [0.3, 0.4) is 0 Å². The Kier molecular flexibility index (Phi) is 6.71. The van der Waals surface area contributed by atoms with Crippen molar-refractivity contribution in [3.63, 3.8) is 0 Å². The molecule has 4 aromatic rings. The predicted molar refractivity (Wildman–Crippen MR) is 137 cm³/mol. The molecule has 1 aliphatic heterocycles. The Morgan fingerprint density at radius 1 is 0.917 bits per heavy atom.